The lowest BCUT2D eigenvalue weighted by atomic mass is 10.2. The van der Waals surface area contributed by atoms with E-state index in [1.54, 1.807) is 6.92 Å². The fourth-order valence-corrected chi connectivity index (χ4v) is 2.25. The number of primary amides is 1. The topological polar surface area (TPSA) is 98.9 Å². The molecule has 27 heavy (non-hydrogen) atoms. The molecule has 0 spiro atoms. The van der Waals surface area contributed by atoms with Crippen LogP contribution in [0.2, 0.25) is 0 Å². The summed E-state index contributed by atoms with van der Waals surface area (Å²) in [6, 6.07) is 11.3. The molecule has 0 fully saturated rings. The summed E-state index contributed by atoms with van der Waals surface area (Å²) < 4.78 is 23.1. The molecule has 0 aromatic heterocycles. The van der Waals surface area contributed by atoms with Crippen LogP contribution in [-0.2, 0) is 14.3 Å². The Labute approximate surface area is 155 Å². The SMILES string of the molecule is CCN(C(=O)COC(=O)c1ccc(OCC(N)=O)cc1)c1ccc(F)cc1. The van der Waals surface area contributed by atoms with E-state index in [4.69, 9.17) is 15.2 Å². The molecule has 2 amide bonds. The van der Waals surface area contributed by atoms with Crippen LogP contribution in [-0.4, -0.2) is 37.5 Å². The van der Waals surface area contributed by atoms with Crippen molar-refractivity contribution < 1.29 is 28.2 Å². The van der Waals surface area contributed by atoms with Crippen LogP contribution in [0.4, 0.5) is 10.1 Å². The number of amides is 2. The molecule has 0 bridgehead atoms. The van der Waals surface area contributed by atoms with Gasteiger partial charge in [0.05, 0.1) is 5.56 Å². The van der Waals surface area contributed by atoms with E-state index in [9.17, 15) is 18.8 Å². The lowest BCUT2D eigenvalue weighted by Crippen LogP contribution is -2.34. The first-order chi connectivity index (χ1) is 12.9. The number of anilines is 1. The Morgan fingerprint density at radius 3 is 2.19 bits per heavy atom. The van der Waals surface area contributed by atoms with Crippen molar-refractivity contribution in [3.8, 4) is 5.75 Å². The standard InChI is InChI=1S/C19H19FN2O5/c1-2-22(15-7-5-14(20)6-8-15)18(24)12-27-19(25)13-3-9-16(10-4-13)26-11-17(21)23/h3-10H,2,11-12H2,1H3,(H2,21,23). The summed E-state index contributed by atoms with van der Waals surface area (Å²) >= 11 is 0. The number of esters is 1. The first-order valence-corrected chi connectivity index (χ1v) is 8.15. The van der Waals surface area contributed by atoms with Gasteiger partial charge in [-0.05, 0) is 55.5 Å². The molecular formula is C19H19FN2O5. The number of carbonyl (C=O) groups excluding carboxylic acids is 3. The number of hydrogen-bond acceptors (Lipinski definition) is 5. The number of carbonyl (C=O) groups is 3. The van der Waals surface area contributed by atoms with Gasteiger partial charge in [-0.25, -0.2) is 9.18 Å². The van der Waals surface area contributed by atoms with E-state index in [-0.39, 0.29) is 12.2 Å². The fourth-order valence-electron chi connectivity index (χ4n) is 2.25. The Morgan fingerprint density at radius 2 is 1.63 bits per heavy atom. The average Bonchev–Trinajstić information content (AvgIpc) is 2.67. The van der Waals surface area contributed by atoms with E-state index in [1.807, 2.05) is 0 Å². The average molecular weight is 374 g/mol. The highest BCUT2D eigenvalue weighted by Crippen LogP contribution is 2.16. The number of nitrogens with two attached hydrogens (primary N) is 1. The minimum Gasteiger partial charge on any atom is -0.484 e. The van der Waals surface area contributed by atoms with Gasteiger partial charge in [-0.1, -0.05) is 0 Å². The first-order valence-electron chi connectivity index (χ1n) is 8.15. The molecule has 0 unspecified atom stereocenters. The van der Waals surface area contributed by atoms with Gasteiger partial charge in [-0.3, -0.25) is 9.59 Å². The van der Waals surface area contributed by atoms with Gasteiger partial charge in [0, 0.05) is 12.2 Å². The summed E-state index contributed by atoms with van der Waals surface area (Å²) in [6.45, 7) is 1.38. The van der Waals surface area contributed by atoms with Crippen molar-refractivity contribution in [3.63, 3.8) is 0 Å². The highest BCUT2D eigenvalue weighted by atomic mass is 19.1. The van der Waals surface area contributed by atoms with Crippen molar-refractivity contribution in [2.45, 2.75) is 6.92 Å². The second-order valence-corrected chi connectivity index (χ2v) is 5.47. The van der Waals surface area contributed by atoms with E-state index in [0.29, 0.717) is 18.0 Å². The molecule has 0 aliphatic carbocycles. The van der Waals surface area contributed by atoms with Crippen LogP contribution in [0.5, 0.6) is 5.75 Å². The third-order valence-corrected chi connectivity index (χ3v) is 3.55. The molecule has 0 aliphatic rings. The molecule has 142 valence electrons. The number of nitrogens with zero attached hydrogens (tertiary/aromatic N) is 1. The molecule has 2 N–H and O–H groups in total. The monoisotopic (exact) mass is 374 g/mol. The zero-order valence-corrected chi connectivity index (χ0v) is 14.7. The second kappa shape index (κ2) is 9.33. The Kier molecular flexibility index (Phi) is 6.87. The van der Waals surface area contributed by atoms with Crippen LogP contribution in [0, 0.1) is 5.82 Å². The summed E-state index contributed by atoms with van der Waals surface area (Å²) in [5.41, 5.74) is 5.71. The molecule has 2 aromatic carbocycles. The Bertz CT molecular complexity index is 806. The van der Waals surface area contributed by atoms with Crippen LogP contribution in [0.3, 0.4) is 0 Å². The third-order valence-electron chi connectivity index (χ3n) is 3.55. The molecular weight excluding hydrogens is 355 g/mol. The quantitative estimate of drug-likeness (QED) is 0.712. The minimum absolute atomic E-state index is 0.221. The van der Waals surface area contributed by atoms with Crippen molar-refractivity contribution in [2.75, 3.05) is 24.7 Å². The maximum absolute atomic E-state index is 13.0. The van der Waals surface area contributed by atoms with Gasteiger partial charge < -0.3 is 20.1 Å². The van der Waals surface area contributed by atoms with Crippen LogP contribution in [0.1, 0.15) is 17.3 Å². The van der Waals surface area contributed by atoms with Gasteiger partial charge in [0.1, 0.15) is 11.6 Å². The maximum Gasteiger partial charge on any atom is 0.338 e. The normalized spacial score (nSPS) is 10.1. The molecule has 2 aromatic rings. The van der Waals surface area contributed by atoms with Crippen LogP contribution < -0.4 is 15.4 Å². The lowest BCUT2D eigenvalue weighted by Gasteiger charge is -2.20. The number of rotatable bonds is 8. The highest BCUT2D eigenvalue weighted by Gasteiger charge is 2.17. The zero-order chi connectivity index (χ0) is 19.8. The van der Waals surface area contributed by atoms with Gasteiger partial charge in [0.2, 0.25) is 0 Å². The Morgan fingerprint density at radius 1 is 1.00 bits per heavy atom. The molecule has 0 heterocycles. The van der Waals surface area contributed by atoms with Crippen molar-refractivity contribution in [3.05, 3.63) is 59.9 Å². The maximum atomic E-state index is 13.0. The Hall–Kier alpha value is -3.42. The molecule has 0 saturated heterocycles. The van der Waals surface area contributed by atoms with Gasteiger partial charge in [0.25, 0.3) is 11.8 Å². The predicted octanol–water partition coefficient (Wildman–Crippen LogP) is 1.90. The van der Waals surface area contributed by atoms with E-state index in [1.165, 1.54) is 53.4 Å². The van der Waals surface area contributed by atoms with Crippen molar-refractivity contribution >= 4 is 23.5 Å². The largest absolute Gasteiger partial charge is 0.484 e. The smallest absolute Gasteiger partial charge is 0.338 e. The lowest BCUT2D eigenvalue weighted by molar-refractivity contribution is -0.121. The molecule has 2 rings (SSSR count). The molecule has 0 aliphatic heterocycles. The second-order valence-electron chi connectivity index (χ2n) is 5.47. The fraction of sp³-hybridized carbons (Fsp3) is 0.211. The number of ether oxygens (including phenoxy) is 2. The number of hydrogen-bond donors (Lipinski definition) is 1. The van der Waals surface area contributed by atoms with E-state index >= 15 is 0 Å². The highest BCUT2D eigenvalue weighted by molar-refractivity contribution is 5.97. The van der Waals surface area contributed by atoms with Gasteiger partial charge in [-0.15, -0.1) is 0 Å². The van der Waals surface area contributed by atoms with E-state index in [2.05, 4.69) is 0 Å². The molecule has 7 nitrogen and oxygen atoms in total. The van der Waals surface area contributed by atoms with Gasteiger partial charge in [-0.2, -0.15) is 0 Å². The zero-order valence-electron chi connectivity index (χ0n) is 14.7. The van der Waals surface area contributed by atoms with Crippen LogP contribution in [0.15, 0.2) is 48.5 Å². The Balaban J connectivity index is 1.92. The van der Waals surface area contributed by atoms with Crippen LogP contribution in [0.25, 0.3) is 0 Å². The molecule has 8 heteroatoms. The summed E-state index contributed by atoms with van der Waals surface area (Å²) in [5, 5.41) is 0. The van der Waals surface area contributed by atoms with Crippen LogP contribution >= 0.6 is 0 Å². The van der Waals surface area contributed by atoms with Gasteiger partial charge >= 0.3 is 5.97 Å². The number of benzene rings is 2. The first kappa shape index (κ1) is 19.9. The minimum atomic E-state index is -0.681. The molecule has 0 radical (unpaired) electrons. The van der Waals surface area contributed by atoms with Gasteiger partial charge in [0.15, 0.2) is 13.2 Å². The predicted molar refractivity (Wildman–Crippen MR) is 95.8 cm³/mol. The van der Waals surface area contributed by atoms with Crippen molar-refractivity contribution in [2.24, 2.45) is 5.73 Å². The molecule has 0 saturated carbocycles. The third kappa shape index (κ3) is 5.81. The van der Waals surface area contributed by atoms with Crippen molar-refractivity contribution in [1.29, 1.82) is 0 Å². The van der Waals surface area contributed by atoms with E-state index < -0.39 is 30.2 Å². The summed E-state index contributed by atoms with van der Waals surface area (Å²) in [6.07, 6.45) is 0. The summed E-state index contributed by atoms with van der Waals surface area (Å²) in [5.74, 6) is -1.76. The summed E-state index contributed by atoms with van der Waals surface area (Å²) in [7, 11) is 0. The van der Waals surface area contributed by atoms with Crippen molar-refractivity contribution in [1.82, 2.24) is 0 Å². The number of likely N-dealkylation sites (N-methyl/N-ethyl adjacent to an activating group) is 1. The van der Waals surface area contributed by atoms with E-state index in [0.717, 1.165) is 0 Å². The molecule has 0 atom stereocenters. The number of halogens is 1. The summed E-state index contributed by atoms with van der Waals surface area (Å²) in [4.78, 5) is 36.4.